The number of ether oxygens (including phenoxy) is 2. The number of carbonyl (C=O) groups is 1. The fourth-order valence-corrected chi connectivity index (χ4v) is 4.89. The van der Waals surface area contributed by atoms with E-state index in [9.17, 15) is 9.18 Å². The van der Waals surface area contributed by atoms with E-state index in [1.807, 2.05) is 70.2 Å². The molecule has 0 unspecified atom stereocenters. The number of thioether (sulfide) groups is 1. The number of hydrogen-bond acceptors (Lipinski definition) is 5. The molecule has 0 spiro atoms. The van der Waals surface area contributed by atoms with Crippen molar-refractivity contribution >= 4 is 34.6 Å². The van der Waals surface area contributed by atoms with E-state index in [0.717, 1.165) is 27.9 Å². The van der Waals surface area contributed by atoms with Crippen LogP contribution in [0.2, 0.25) is 0 Å². The zero-order valence-corrected chi connectivity index (χ0v) is 21.7. The van der Waals surface area contributed by atoms with Crippen LogP contribution in [0.1, 0.15) is 36.1 Å². The van der Waals surface area contributed by atoms with Crippen LogP contribution in [-0.2, 0) is 11.4 Å². The smallest absolute Gasteiger partial charge is 0.266 e. The number of carbonyl (C=O) groups excluding carboxylic acids is 1. The zero-order chi connectivity index (χ0) is 25.7. The molecule has 36 heavy (non-hydrogen) atoms. The molecule has 1 fully saturated rings. The van der Waals surface area contributed by atoms with Gasteiger partial charge in [0.25, 0.3) is 5.91 Å². The number of amides is 1. The molecule has 1 aliphatic rings. The third kappa shape index (κ3) is 5.79. The Morgan fingerprint density at radius 3 is 2.36 bits per heavy atom. The van der Waals surface area contributed by atoms with Gasteiger partial charge >= 0.3 is 0 Å². The standard InChI is InChI=1S/C29H29FN2O3S/c1-5-32-28(33)26(36-29(32)31-27-19(3)8-7-9-20(27)4)17-22-12-15-24(25(16-22)34-6-2)35-18-21-10-13-23(30)14-11-21/h7-17H,5-6,18H2,1-4H3/b26-17+,31-29?. The normalized spacial score (nSPS) is 15.7. The van der Waals surface area contributed by atoms with Gasteiger partial charge in [-0.1, -0.05) is 36.4 Å². The largest absolute Gasteiger partial charge is 0.490 e. The lowest BCUT2D eigenvalue weighted by Gasteiger charge is -2.13. The highest BCUT2D eigenvalue weighted by molar-refractivity contribution is 8.18. The van der Waals surface area contributed by atoms with Gasteiger partial charge in [0.1, 0.15) is 12.4 Å². The second kappa shape index (κ2) is 11.4. The summed E-state index contributed by atoms with van der Waals surface area (Å²) in [5, 5.41) is 0.676. The van der Waals surface area contributed by atoms with Crippen molar-refractivity contribution in [2.75, 3.05) is 13.2 Å². The number of likely N-dealkylation sites (N-methyl/N-ethyl adjacent to an activating group) is 1. The van der Waals surface area contributed by atoms with Gasteiger partial charge in [0.2, 0.25) is 0 Å². The van der Waals surface area contributed by atoms with Gasteiger partial charge in [-0.05, 0) is 92.1 Å². The summed E-state index contributed by atoms with van der Waals surface area (Å²) in [6.07, 6.45) is 1.86. The minimum Gasteiger partial charge on any atom is -0.490 e. The van der Waals surface area contributed by atoms with Crippen LogP contribution in [0.25, 0.3) is 6.08 Å². The number of nitrogens with zero attached hydrogens (tertiary/aromatic N) is 2. The van der Waals surface area contributed by atoms with E-state index < -0.39 is 0 Å². The highest BCUT2D eigenvalue weighted by Crippen LogP contribution is 2.37. The average molecular weight is 505 g/mol. The first-order chi connectivity index (χ1) is 17.4. The monoisotopic (exact) mass is 504 g/mol. The summed E-state index contributed by atoms with van der Waals surface area (Å²) in [6.45, 7) is 9.19. The first-order valence-corrected chi connectivity index (χ1v) is 12.7. The van der Waals surface area contributed by atoms with Gasteiger partial charge in [0, 0.05) is 6.54 Å². The molecule has 0 aliphatic carbocycles. The van der Waals surface area contributed by atoms with Crippen molar-refractivity contribution in [1.82, 2.24) is 4.90 Å². The fourth-order valence-electron chi connectivity index (χ4n) is 3.84. The minimum absolute atomic E-state index is 0.0675. The summed E-state index contributed by atoms with van der Waals surface area (Å²) in [7, 11) is 0. The molecule has 0 bridgehead atoms. The van der Waals surface area contributed by atoms with Gasteiger partial charge in [-0.2, -0.15) is 0 Å². The van der Waals surface area contributed by atoms with Crippen LogP contribution in [0.4, 0.5) is 10.1 Å². The topological polar surface area (TPSA) is 51.1 Å². The molecule has 4 rings (SSSR count). The SMILES string of the molecule is CCOc1cc(/C=C2/SC(=Nc3c(C)cccc3C)N(CC)C2=O)ccc1OCc1ccc(F)cc1. The van der Waals surface area contributed by atoms with E-state index in [0.29, 0.717) is 41.3 Å². The van der Waals surface area contributed by atoms with Gasteiger partial charge in [-0.25, -0.2) is 9.38 Å². The lowest BCUT2D eigenvalue weighted by molar-refractivity contribution is -0.122. The first-order valence-electron chi connectivity index (χ1n) is 11.9. The molecule has 1 heterocycles. The van der Waals surface area contributed by atoms with Crippen molar-refractivity contribution in [1.29, 1.82) is 0 Å². The van der Waals surface area contributed by atoms with Crippen LogP contribution >= 0.6 is 11.8 Å². The Hall–Kier alpha value is -3.58. The third-order valence-electron chi connectivity index (χ3n) is 5.72. The molecular formula is C29H29FN2O3S. The molecule has 3 aromatic carbocycles. The average Bonchev–Trinajstić information content (AvgIpc) is 3.16. The Labute approximate surface area is 215 Å². The highest BCUT2D eigenvalue weighted by Gasteiger charge is 2.32. The predicted molar refractivity (Wildman–Crippen MR) is 144 cm³/mol. The van der Waals surface area contributed by atoms with Crippen molar-refractivity contribution in [2.45, 2.75) is 34.3 Å². The van der Waals surface area contributed by atoms with Crippen molar-refractivity contribution in [3.8, 4) is 11.5 Å². The number of hydrogen-bond donors (Lipinski definition) is 0. The second-order valence-electron chi connectivity index (χ2n) is 8.35. The van der Waals surface area contributed by atoms with Crippen LogP contribution < -0.4 is 9.47 Å². The van der Waals surface area contributed by atoms with Gasteiger partial charge < -0.3 is 9.47 Å². The van der Waals surface area contributed by atoms with E-state index in [4.69, 9.17) is 14.5 Å². The van der Waals surface area contributed by atoms with Crippen LogP contribution in [0.15, 0.2) is 70.6 Å². The molecule has 5 nitrogen and oxygen atoms in total. The summed E-state index contributed by atoms with van der Waals surface area (Å²) in [6, 6.07) is 17.8. The number of amidine groups is 1. The van der Waals surface area contributed by atoms with E-state index in [1.54, 1.807) is 17.0 Å². The highest BCUT2D eigenvalue weighted by atomic mass is 32.2. The van der Waals surface area contributed by atoms with Gasteiger partial charge in [0.15, 0.2) is 16.7 Å². The molecule has 7 heteroatoms. The number of para-hydroxylation sites is 1. The maximum Gasteiger partial charge on any atom is 0.266 e. The Morgan fingerprint density at radius 1 is 0.972 bits per heavy atom. The minimum atomic E-state index is -0.283. The second-order valence-corrected chi connectivity index (χ2v) is 9.36. The molecule has 0 aromatic heterocycles. The molecular weight excluding hydrogens is 475 g/mol. The van der Waals surface area contributed by atoms with E-state index in [2.05, 4.69) is 0 Å². The third-order valence-corrected chi connectivity index (χ3v) is 6.73. The summed E-state index contributed by atoms with van der Waals surface area (Å²) < 4.78 is 24.9. The molecule has 186 valence electrons. The van der Waals surface area contributed by atoms with Crippen LogP contribution in [-0.4, -0.2) is 29.1 Å². The maximum atomic E-state index is 13.2. The number of halogens is 1. The van der Waals surface area contributed by atoms with Crippen LogP contribution in [0.5, 0.6) is 11.5 Å². The van der Waals surface area contributed by atoms with Crippen LogP contribution in [0, 0.1) is 19.7 Å². The number of aryl methyl sites for hydroxylation is 2. The van der Waals surface area contributed by atoms with Crippen molar-refractivity contribution in [3.63, 3.8) is 0 Å². The molecule has 0 saturated carbocycles. The lowest BCUT2D eigenvalue weighted by Crippen LogP contribution is -2.28. The fraction of sp³-hybridized carbons (Fsp3) is 0.241. The molecule has 1 aliphatic heterocycles. The van der Waals surface area contributed by atoms with E-state index >= 15 is 0 Å². The van der Waals surface area contributed by atoms with E-state index in [1.165, 1.54) is 23.9 Å². The first kappa shape index (κ1) is 25.5. The maximum absolute atomic E-state index is 13.2. The molecule has 1 saturated heterocycles. The van der Waals surface area contributed by atoms with Gasteiger partial charge in [-0.15, -0.1) is 0 Å². The Morgan fingerprint density at radius 2 is 1.69 bits per heavy atom. The van der Waals surface area contributed by atoms with Crippen LogP contribution in [0.3, 0.4) is 0 Å². The van der Waals surface area contributed by atoms with Crippen molar-refractivity contribution in [2.24, 2.45) is 4.99 Å². The Balaban J connectivity index is 1.58. The lowest BCUT2D eigenvalue weighted by atomic mass is 10.1. The van der Waals surface area contributed by atoms with Gasteiger partial charge in [0.05, 0.1) is 17.2 Å². The van der Waals surface area contributed by atoms with Crippen molar-refractivity contribution < 1.29 is 18.7 Å². The molecule has 1 amide bonds. The number of aliphatic imine (C=N–C) groups is 1. The molecule has 0 N–H and O–H groups in total. The summed E-state index contributed by atoms with van der Waals surface area (Å²) in [5.41, 5.74) is 4.72. The number of benzene rings is 3. The van der Waals surface area contributed by atoms with E-state index in [-0.39, 0.29) is 11.7 Å². The summed E-state index contributed by atoms with van der Waals surface area (Å²) in [5.74, 6) is 0.818. The van der Waals surface area contributed by atoms with Gasteiger partial charge in [-0.3, -0.25) is 9.69 Å². The molecule has 0 radical (unpaired) electrons. The summed E-state index contributed by atoms with van der Waals surface area (Å²) >= 11 is 1.38. The molecule has 0 atom stereocenters. The molecule has 3 aromatic rings. The van der Waals surface area contributed by atoms with Crippen molar-refractivity contribution in [3.05, 3.63) is 93.6 Å². The quantitative estimate of drug-likeness (QED) is 0.309. The summed E-state index contributed by atoms with van der Waals surface area (Å²) in [4.78, 5) is 20.3. The predicted octanol–water partition coefficient (Wildman–Crippen LogP) is 7.04. The Bertz CT molecular complexity index is 1300. The Kier molecular flexibility index (Phi) is 8.10. The zero-order valence-electron chi connectivity index (χ0n) is 20.9. The number of rotatable bonds is 8.